The first-order valence-corrected chi connectivity index (χ1v) is 9.14. The summed E-state index contributed by atoms with van der Waals surface area (Å²) in [7, 11) is -3.23. The van der Waals surface area contributed by atoms with E-state index in [0.29, 0.717) is 13.1 Å². The van der Waals surface area contributed by atoms with Crippen molar-refractivity contribution in [2.45, 2.75) is 51.1 Å². The highest BCUT2D eigenvalue weighted by atomic mass is 32.2. The molecule has 2 aliphatic rings. The summed E-state index contributed by atoms with van der Waals surface area (Å²) in [5.41, 5.74) is 5.62. The Morgan fingerprint density at radius 2 is 2.05 bits per heavy atom. The molecule has 2 fully saturated rings. The first kappa shape index (κ1) is 15.7. The van der Waals surface area contributed by atoms with E-state index in [2.05, 4.69) is 4.72 Å². The van der Waals surface area contributed by atoms with Gasteiger partial charge in [-0.15, -0.1) is 0 Å². The van der Waals surface area contributed by atoms with E-state index in [1.165, 1.54) is 0 Å². The van der Waals surface area contributed by atoms with Crippen LogP contribution in [0, 0.1) is 5.41 Å². The van der Waals surface area contributed by atoms with Crippen molar-refractivity contribution in [3.8, 4) is 0 Å². The molecule has 0 bridgehead atoms. The van der Waals surface area contributed by atoms with Gasteiger partial charge in [0.05, 0.1) is 11.7 Å². The summed E-state index contributed by atoms with van der Waals surface area (Å²) in [6.07, 6.45) is 5.46. The van der Waals surface area contributed by atoms with Crippen LogP contribution in [-0.2, 0) is 14.8 Å². The highest BCUT2D eigenvalue weighted by Crippen LogP contribution is 2.38. The van der Waals surface area contributed by atoms with Crippen molar-refractivity contribution < 1.29 is 13.2 Å². The molecule has 20 heavy (non-hydrogen) atoms. The van der Waals surface area contributed by atoms with Gasteiger partial charge in [-0.25, -0.2) is 13.1 Å². The fourth-order valence-corrected chi connectivity index (χ4v) is 4.18. The van der Waals surface area contributed by atoms with Crippen molar-refractivity contribution in [1.82, 2.24) is 9.62 Å². The van der Waals surface area contributed by atoms with Gasteiger partial charge in [0, 0.05) is 25.2 Å². The van der Waals surface area contributed by atoms with Crippen LogP contribution < -0.4 is 10.5 Å². The third-order valence-electron chi connectivity index (χ3n) is 4.61. The minimum absolute atomic E-state index is 0.0850. The van der Waals surface area contributed by atoms with Crippen LogP contribution in [0.25, 0.3) is 0 Å². The molecule has 0 spiro atoms. The summed E-state index contributed by atoms with van der Waals surface area (Å²) in [6, 6.07) is -0.262. The van der Waals surface area contributed by atoms with Crippen molar-refractivity contribution in [2.24, 2.45) is 11.1 Å². The lowest BCUT2D eigenvalue weighted by Gasteiger charge is -2.39. The van der Waals surface area contributed by atoms with E-state index >= 15 is 0 Å². The fourth-order valence-electron chi connectivity index (χ4n) is 3.38. The SMILES string of the molecule is CC1(C(=O)N2CCCC(NS(C)(=O)=O)C2)CCCC1N. The average molecular weight is 303 g/mol. The minimum atomic E-state index is -3.23. The van der Waals surface area contributed by atoms with Gasteiger partial charge in [0.1, 0.15) is 0 Å². The number of hydrogen-bond donors (Lipinski definition) is 2. The normalized spacial score (nSPS) is 35.2. The number of rotatable bonds is 3. The Morgan fingerprint density at radius 1 is 1.35 bits per heavy atom. The van der Waals surface area contributed by atoms with Crippen LogP contribution in [0.2, 0.25) is 0 Å². The molecule has 2 rings (SSSR count). The first-order chi connectivity index (χ1) is 9.22. The number of likely N-dealkylation sites (tertiary alicyclic amines) is 1. The van der Waals surface area contributed by atoms with Gasteiger partial charge in [-0.1, -0.05) is 6.42 Å². The van der Waals surface area contributed by atoms with Gasteiger partial charge in [0.2, 0.25) is 15.9 Å². The highest BCUT2D eigenvalue weighted by molar-refractivity contribution is 7.88. The van der Waals surface area contributed by atoms with Crippen molar-refractivity contribution in [2.75, 3.05) is 19.3 Å². The fraction of sp³-hybridized carbons (Fsp3) is 0.923. The molecule has 1 aliphatic heterocycles. The zero-order valence-electron chi connectivity index (χ0n) is 12.3. The Hall–Kier alpha value is -0.660. The summed E-state index contributed by atoms with van der Waals surface area (Å²) < 4.78 is 25.2. The molecule has 3 atom stereocenters. The largest absolute Gasteiger partial charge is 0.341 e. The van der Waals surface area contributed by atoms with Crippen LogP contribution in [0.1, 0.15) is 39.0 Å². The quantitative estimate of drug-likeness (QED) is 0.770. The van der Waals surface area contributed by atoms with E-state index in [4.69, 9.17) is 5.73 Å². The molecule has 7 heteroatoms. The zero-order chi connectivity index (χ0) is 15.0. The Labute approximate surface area is 121 Å². The number of sulfonamides is 1. The van der Waals surface area contributed by atoms with Gasteiger partial charge in [-0.2, -0.15) is 0 Å². The second-order valence-electron chi connectivity index (χ2n) is 6.40. The Bertz CT molecular complexity index is 479. The van der Waals surface area contributed by atoms with Gasteiger partial charge in [0.25, 0.3) is 0 Å². The topological polar surface area (TPSA) is 92.5 Å². The Kier molecular flexibility index (Phi) is 4.41. The molecule has 0 aromatic carbocycles. The molecule has 1 amide bonds. The number of amides is 1. The predicted molar refractivity (Wildman–Crippen MR) is 77.5 cm³/mol. The Balaban J connectivity index is 2.03. The number of nitrogens with two attached hydrogens (primary N) is 1. The molecule has 0 aromatic rings. The number of piperidine rings is 1. The molecule has 1 aliphatic carbocycles. The lowest BCUT2D eigenvalue weighted by molar-refractivity contribution is -0.143. The maximum atomic E-state index is 12.7. The molecule has 1 saturated heterocycles. The van der Waals surface area contributed by atoms with Crippen molar-refractivity contribution >= 4 is 15.9 Å². The van der Waals surface area contributed by atoms with Gasteiger partial charge in [0.15, 0.2) is 0 Å². The second-order valence-corrected chi connectivity index (χ2v) is 8.18. The molecular weight excluding hydrogens is 278 g/mol. The molecule has 0 radical (unpaired) electrons. The third kappa shape index (κ3) is 3.32. The van der Waals surface area contributed by atoms with Crippen molar-refractivity contribution in [1.29, 1.82) is 0 Å². The van der Waals surface area contributed by atoms with E-state index in [9.17, 15) is 13.2 Å². The lowest BCUT2D eigenvalue weighted by atomic mass is 9.83. The molecule has 1 saturated carbocycles. The maximum Gasteiger partial charge on any atom is 0.230 e. The molecule has 0 aromatic heterocycles. The third-order valence-corrected chi connectivity index (χ3v) is 5.37. The number of nitrogens with zero attached hydrogens (tertiary/aromatic N) is 1. The van der Waals surface area contributed by atoms with Crippen LogP contribution in [0.3, 0.4) is 0 Å². The number of hydrogen-bond acceptors (Lipinski definition) is 4. The van der Waals surface area contributed by atoms with Crippen molar-refractivity contribution in [3.05, 3.63) is 0 Å². The van der Waals surface area contributed by atoms with Crippen LogP contribution in [-0.4, -0.2) is 50.7 Å². The number of carbonyl (C=O) groups excluding carboxylic acids is 1. The first-order valence-electron chi connectivity index (χ1n) is 7.24. The molecule has 116 valence electrons. The van der Waals surface area contributed by atoms with Crippen molar-refractivity contribution in [3.63, 3.8) is 0 Å². The van der Waals surface area contributed by atoms with E-state index < -0.39 is 15.4 Å². The molecular formula is C13H25N3O3S. The van der Waals surface area contributed by atoms with Gasteiger partial charge in [-0.05, 0) is 32.6 Å². The van der Waals surface area contributed by atoms with Gasteiger partial charge in [-0.3, -0.25) is 4.79 Å². The highest BCUT2D eigenvalue weighted by Gasteiger charge is 2.45. The minimum Gasteiger partial charge on any atom is -0.341 e. The number of nitrogens with one attached hydrogen (secondary N) is 1. The molecule has 6 nitrogen and oxygen atoms in total. The van der Waals surface area contributed by atoms with E-state index in [1.807, 2.05) is 6.92 Å². The number of carbonyl (C=O) groups is 1. The summed E-state index contributed by atoms with van der Waals surface area (Å²) in [5, 5.41) is 0. The standard InChI is InChI=1S/C13H25N3O3S/c1-13(7-3-6-11(13)14)12(17)16-8-4-5-10(9-16)15-20(2,18)19/h10-11,15H,3-9,14H2,1-2H3. The summed E-state index contributed by atoms with van der Waals surface area (Å²) in [5.74, 6) is 0.0856. The van der Waals surface area contributed by atoms with Gasteiger partial charge >= 0.3 is 0 Å². The second kappa shape index (κ2) is 5.61. The van der Waals surface area contributed by atoms with Crippen LogP contribution >= 0.6 is 0 Å². The summed E-state index contributed by atoms with van der Waals surface area (Å²) >= 11 is 0. The van der Waals surface area contributed by atoms with Crippen LogP contribution in [0.4, 0.5) is 0 Å². The summed E-state index contributed by atoms with van der Waals surface area (Å²) in [4.78, 5) is 14.5. The zero-order valence-corrected chi connectivity index (χ0v) is 13.1. The van der Waals surface area contributed by atoms with E-state index in [0.717, 1.165) is 38.4 Å². The van der Waals surface area contributed by atoms with Gasteiger partial charge < -0.3 is 10.6 Å². The van der Waals surface area contributed by atoms with Crippen LogP contribution in [0.15, 0.2) is 0 Å². The average Bonchev–Trinajstić information content (AvgIpc) is 2.68. The van der Waals surface area contributed by atoms with Crippen LogP contribution in [0.5, 0.6) is 0 Å². The lowest BCUT2D eigenvalue weighted by Crippen LogP contribution is -2.55. The van der Waals surface area contributed by atoms with E-state index in [1.54, 1.807) is 4.90 Å². The van der Waals surface area contributed by atoms with E-state index in [-0.39, 0.29) is 18.0 Å². The smallest absolute Gasteiger partial charge is 0.230 e. The molecule has 3 unspecified atom stereocenters. The summed E-state index contributed by atoms with van der Waals surface area (Å²) in [6.45, 7) is 3.10. The molecule has 3 N–H and O–H groups in total. The Morgan fingerprint density at radius 3 is 2.60 bits per heavy atom. The monoisotopic (exact) mass is 303 g/mol. The maximum absolute atomic E-state index is 12.7. The molecule has 1 heterocycles. The predicted octanol–water partition coefficient (Wildman–Crippen LogP) is 0.0441.